The summed E-state index contributed by atoms with van der Waals surface area (Å²) < 4.78 is 0. The maximum absolute atomic E-state index is 12.8. The average molecular weight is 366 g/mol. The first-order valence-corrected chi connectivity index (χ1v) is 9.01. The number of nitrogens with one attached hydrogen (secondary N) is 1. The van der Waals surface area contributed by atoms with Gasteiger partial charge in [0.25, 0.3) is 5.91 Å². The Morgan fingerprint density at radius 3 is 2.19 bits per heavy atom. The number of nitrogens with zero attached hydrogens (tertiary/aromatic N) is 1. The highest BCUT2D eigenvalue weighted by molar-refractivity contribution is 6.04. The second-order valence-corrected chi connectivity index (χ2v) is 6.68. The Bertz CT molecular complexity index is 814. The number of hydrogen-bond donors (Lipinski definition) is 2. The van der Waals surface area contributed by atoms with Crippen molar-refractivity contribution in [2.75, 3.05) is 13.1 Å². The molecular formula is C21H22N2O4. The molecular weight excluding hydrogens is 344 g/mol. The van der Waals surface area contributed by atoms with Crippen molar-refractivity contribution in [2.24, 2.45) is 5.92 Å². The van der Waals surface area contributed by atoms with Crippen LogP contribution in [0.15, 0.2) is 54.6 Å². The molecule has 0 unspecified atom stereocenters. The zero-order chi connectivity index (χ0) is 19.2. The molecule has 2 aromatic carbocycles. The molecule has 0 aliphatic heterocycles. The minimum absolute atomic E-state index is 0.287. The van der Waals surface area contributed by atoms with Gasteiger partial charge in [0, 0.05) is 12.1 Å². The summed E-state index contributed by atoms with van der Waals surface area (Å²) in [4.78, 5) is 37.0. The summed E-state index contributed by atoms with van der Waals surface area (Å²) in [7, 11) is 0. The van der Waals surface area contributed by atoms with E-state index in [9.17, 15) is 14.4 Å². The van der Waals surface area contributed by atoms with Crippen molar-refractivity contribution in [3.05, 3.63) is 60.2 Å². The monoisotopic (exact) mass is 366 g/mol. The minimum atomic E-state index is -1.15. The summed E-state index contributed by atoms with van der Waals surface area (Å²) in [5, 5.41) is 11.0. The maximum Gasteiger partial charge on any atom is 0.324 e. The molecule has 1 aliphatic rings. The first-order valence-electron chi connectivity index (χ1n) is 9.01. The third-order valence-corrected chi connectivity index (χ3v) is 4.58. The molecule has 0 atom stereocenters. The van der Waals surface area contributed by atoms with Crippen LogP contribution in [0.3, 0.4) is 0 Å². The Hall–Kier alpha value is -3.15. The number of urea groups is 1. The molecule has 140 valence electrons. The summed E-state index contributed by atoms with van der Waals surface area (Å²) in [6.45, 7) is -0.228. The van der Waals surface area contributed by atoms with Gasteiger partial charge in [0.05, 0.1) is 0 Å². The number of carboxylic acids is 1. The van der Waals surface area contributed by atoms with Crippen molar-refractivity contribution < 1.29 is 19.5 Å². The average Bonchev–Trinajstić information content (AvgIpc) is 3.51. The largest absolute Gasteiger partial charge is 0.480 e. The highest BCUT2D eigenvalue weighted by Crippen LogP contribution is 2.32. The van der Waals surface area contributed by atoms with E-state index in [1.807, 2.05) is 42.5 Å². The van der Waals surface area contributed by atoms with Crippen LogP contribution in [0.2, 0.25) is 0 Å². The fourth-order valence-corrected chi connectivity index (χ4v) is 2.85. The molecule has 1 fully saturated rings. The summed E-state index contributed by atoms with van der Waals surface area (Å²) in [5.41, 5.74) is 2.42. The molecule has 3 amide bonds. The number of carboxylic acid groups (broad SMARTS) is 1. The van der Waals surface area contributed by atoms with Crippen LogP contribution in [0.25, 0.3) is 11.1 Å². The Balaban J connectivity index is 1.73. The molecule has 6 heteroatoms. The molecule has 0 aromatic heterocycles. The number of amides is 3. The normalized spacial score (nSPS) is 13.0. The van der Waals surface area contributed by atoms with E-state index in [-0.39, 0.29) is 6.54 Å². The van der Waals surface area contributed by atoms with Gasteiger partial charge in [-0.3, -0.25) is 14.5 Å². The number of imide groups is 1. The third-order valence-electron chi connectivity index (χ3n) is 4.58. The molecule has 0 radical (unpaired) electrons. The van der Waals surface area contributed by atoms with Crippen LogP contribution in [0.1, 0.15) is 29.6 Å². The number of carbonyl (C=O) groups is 3. The predicted molar refractivity (Wildman–Crippen MR) is 101 cm³/mol. The van der Waals surface area contributed by atoms with Gasteiger partial charge in [0.2, 0.25) is 0 Å². The van der Waals surface area contributed by atoms with Crippen molar-refractivity contribution in [3.63, 3.8) is 0 Å². The van der Waals surface area contributed by atoms with Crippen LogP contribution >= 0.6 is 0 Å². The maximum atomic E-state index is 12.8. The third kappa shape index (κ3) is 5.17. The van der Waals surface area contributed by atoms with Gasteiger partial charge in [0.1, 0.15) is 6.54 Å². The lowest BCUT2D eigenvalue weighted by atomic mass is 10.0. The Morgan fingerprint density at radius 2 is 1.59 bits per heavy atom. The SMILES string of the molecule is O=C(O)CNC(=O)N(CCC1CC1)C(=O)c1ccc(-c2ccccc2)cc1. The molecule has 6 nitrogen and oxygen atoms in total. The molecule has 2 N–H and O–H groups in total. The van der Waals surface area contributed by atoms with E-state index < -0.39 is 24.5 Å². The predicted octanol–water partition coefficient (Wildman–Crippen LogP) is 3.39. The van der Waals surface area contributed by atoms with E-state index in [1.54, 1.807) is 12.1 Å². The molecule has 0 saturated heterocycles. The standard InChI is InChI=1S/C21H22N2O4/c24-19(25)14-22-21(27)23(13-12-15-6-7-15)20(26)18-10-8-17(9-11-18)16-4-2-1-3-5-16/h1-5,8-11,15H,6-7,12-14H2,(H,22,27)(H,24,25). The Labute approximate surface area is 157 Å². The Kier molecular flexibility index (Phi) is 5.86. The van der Waals surface area contributed by atoms with E-state index in [2.05, 4.69) is 5.32 Å². The van der Waals surface area contributed by atoms with Crippen molar-refractivity contribution >= 4 is 17.9 Å². The molecule has 1 aliphatic carbocycles. The highest BCUT2D eigenvalue weighted by Gasteiger charge is 2.27. The van der Waals surface area contributed by atoms with Crippen LogP contribution in [0.5, 0.6) is 0 Å². The van der Waals surface area contributed by atoms with E-state index in [0.29, 0.717) is 11.5 Å². The second-order valence-electron chi connectivity index (χ2n) is 6.68. The van der Waals surface area contributed by atoms with Gasteiger partial charge in [-0.05, 0) is 35.6 Å². The smallest absolute Gasteiger partial charge is 0.324 e. The second kappa shape index (κ2) is 8.49. The van der Waals surface area contributed by atoms with E-state index >= 15 is 0 Å². The first-order chi connectivity index (χ1) is 13.0. The van der Waals surface area contributed by atoms with Crippen LogP contribution in [0.4, 0.5) is 4.79 Å². The molecule has 0 heterocycles. The van der Waals surface area contributed by atoms with Crippen molar-refractivity contribution in [3.8, 4) is 11.1 Å². The van der Waals surface area contributed by atoms with Gasteiger partial charge >= 0.3 is 12.0 Å². The van der Waals surface area contributed by atoms with Crippen LogP contribution in [-0.2, 0) is 4.79 Å². The fourth-order valence-electron chi connectivity index (χ4n) is 2.85. The quantitative estimate of drug-likeness (QED) is 0.786. The Morgan fingerprint density at radius 1 is 0.963 bits per heavy atom. The molecule has 3 rings (SSSR count). The molecule has 0 bridgehead atoms. The van der Waals surface area contributed by atoms with Crippen molar-refractivity contribution in [1.82, 2.24) is 10.2 Å². The zero-order valence-corrected chi connectivity index (χ0v) is 14.9. The molecule has 27 heavy (non-hydrogen) atoms. The van der Waals surface area contributed by atoms with Gasteiger partial charge in [-0.2, -0.15) is 0 Å². The topological polar surface area (TPSA) is 86.7 Å². The molecule has 1 saturated carbocycles. The lowest BCUT2D eigenvalue weighted by molar-refractivity contribution is -0.135. The van der Waals surface area contributed by atoms with Crippen molar-refractivity contribution in [1.29, 1.82) is 0 Å². The number of hydrogen-bond acceptors (Lipinski definition) is 3. The first kappa shape index (κ1) is 18.6. The van der Waals surface area contributed by atoms with Crippen LogP contribution in [-0.4, -0.2) is 41.0 Å². The summed E-state index contributed by atoms with van der Waals surface area (Å²) in [6.07, 6.45) is 2.98. The fraction of sp³-hybridized carbons (Fsp3) is 0.286. The minimum Gasteiger partial charge on any atom is -0.480 e. The van der Waals surface area contributed by atoms with Gasteiger partial charge in [-0.25, -0.2) is 4.79 Å². The number of carbonyl (C=O) groups excluding carboxylic acids is 2. The van der Waals surface area contributed by atoms with Gasteiger partial charge in [-0.1, -0.05) is 55.3 Å². The number of benzene rings is 2. The van der Waals surface area contributed by atoms with Gasteiger partial charge in [-0.15, -0.1) is 0 Å². The van der Waals surface area contributed by atoms with Crippen molar-refractivity contribution in [2.45, 2.75) is 19.3 Å². The van der Waals surface area contributed by atoms with Gasteiger partial charge in [0.15, 0.2) is 0 Å². The molecule has 2 aromatic rings. The summed E-state index contributed by atoms with van der Waals surface area (Å²) >= 11 is 0. The summed E-state index contributed by atoms with van der Waals surface area (Å²) in [6, 6.07) is 16.2. The van der Waals surface area contributed by atoms with E-state index in [4.69, 9.17) is 5.11 Å². The number of aliphatic carboxylic acids is 1. The summed E-state index contributed by atoms with van der Waals surface area (Å²) in [5.74, 6) is -1.02. The highest BCUT2D eigenvalue weighted by atomic mass is 16.4. The van der Waals surface area contributed by atoms with E-state index in [1.165, 1.54) is 0 Å². The molecule has 0 spiro atoms. The van der Waals surface area contributed by atoms with Crippen LogP contribution in [0, 0.1) is 5.92 Å². The lowest BCUT2D eigenvalue weighted by Crippen LogP contribution is -2.45. The number of rotatable bonds is 7. The van der Waals surface area contributed by atoms with Gasteiger partial charge < -0.3 is 10.4 Å². The lowest BCUT2D eigenvalue weighted by Gasteiger charge is -2.21. The zero-order valence-electron chi connectivity index (χ0n) is 14.9. The van der Waals surface area contributed by atoms with Crippen LogP contribution < -0.4 is 5.32 Å². The van der Waals surface area contributed by atoms with E-state index in [0.717, 1.165) is 35.3 Å².